The van der Waals surface area contributed by atoms with E-state index in [-0.39, 0.29) is 12.2 Å². The number of methoxy groups -OCH3 is 1. The lowest BCUT2D eigenvalue weighted by Gasteiger charge is -2.46. The molecule has 0 bridgehead atoms. The normalized spacial score (nSPS) is 22.1. The molecule has 9 nitrogen and oxygen atoms in total. The quantitative estimate of drug-likeness (QED) is 0.299. The van der Waals surface area contributed by atoms with Crippen molar-refractivity contribution in [2.24, 2.45) is 0 Å². The number of hydrogen-bond donors (Lipinski definition) is 2. The first-order chi connectivity index (χ1) is 10.8. The van der Waals surface area contributed by atoms with Crippen molar-refractivity contribution in [1.29, 1.82) is 0 Å². The number of carboxylic acids is 1. The molecule has 128 valence electrons. The van der Waals surface area contributed by atoms with Gasteiger partial charge in [-0.25, -0.2) is 0 Å². The molecule has 0 aromatic rings. The molecular weight excluding hydrogens is 328 g/mol. The molecule has 0 radical (unpaired) electrons. The largest absolute Gasteiger partial charge is 0.480 e. The molecule has 1 aliphatic heterocycles. The Kier molecular flexibility index (Phi) is 6.89. The van der Waals surface area contributed by atoms with Crippen LogP contribution in [0.15, 0.2) is 11.0 Å². The van der Waals surface area contributed by atoms with Gasteiger partial charge in [0.25, 0.3) is 0 Å². The standard InChI is InChI=1S/C13H18N2O7S/c1-8(6-23(21)4-3-10(19)22-2)12-11(14-7-16)13(20)15(12)5-9(17)18/h6-7,11-12H,3-5H2,1-2H3,(H,14,16)(H,17,18)/b8-6+. The molecule has 0 saturated carbocycles. The first-order valence-electron chi connectivity index (χ1n) is 6.66. The van der Waals surface area contributed by atoms with Crippen LogP contribution in [0, 0.1) is 0 Å². The van der Waals surface area contributed by atoms with Gasteiger partial charge in [-0.15, -0.1) is 0 Å². The molecule has 3 atom stereocenters. The van der Waals surface area contributed by atoms with Crippen molar-refractivity contribution >= 4 is 35.1 Å². The maximum Gasteiger partial charge on any atom is 0.323 e. The highest BCUT2D eigenvalue weighted by molar-refractivity contribution is 7.88. The van der Waals surface area contributed by atoms with Crippen LogP contribution in [0.25, 0.3) is 0 Å². The van der Waals surface area contributed by atoms with Gasteiger partial charge in [-0.1, -0.05) is 0 Å². The Morgan fingerprint density at radius 1 is 1.48 bits per heavy atom. The molecule has 2 N–H and O–H groups in total. The van der Waals surface area contributed by atoms with Gasteiger partial charge >= 0.3 is 11.9 Å². The molecule has 1 aliphatic rings. The van der Waals surface area contributed by atoms with E-state index in [4.69, 9.17) is 5.11 Å². The molecular formula is C13H18N2O7S. The van der Waals surface area contributed by atoms with Crippen LogP contribution < -0.4 is 5.32 Å². The lowest BCUT2D eigenvalue weighted by atomic mass is 9.90. The van der Waals surface area contributed by atoms with E-state index in [0.717, 1.165) is 4.90 Å². The third-order valence-electron chi connectivity index (χ3n) is 3.27. The van der Waals surface area contributed by atoms with Gasteiger partial charge in [-0.05, 0) is 12.5 Å². The first-order valence-corrected chi connectivity index (χ1v) is 8.04. The monoisotopic (exact) mass is 346 g/mol. The Morgan fingerprint density at radius 3 is 2.65 bits per heavy atom. The van der Waals surface area contributed by atoms with Crippen LogP contribution in [0.3, 0.4) is 0 Å². The second-order valence-electron chi connectivity index (χ2n) is 4.84. The Hall–Kier alpha value is -2.23. The number of ether oxygens (including phenoxy) is 1. The van der Waals surface area contributed by atoms with Crippen LogP contribution in [0.5, 0.6) is 0 Å². The Labute approximate surface area is 135 Å². The summed E-state index contributed by atoms with van der Waals surface area (Å²) < 4.78 is 16.4. The molecule has 23 heavy (non-hydrogen) atoms. The topological polar surface area (TPSA) is 130 Å². The maximum absolute atomic E-state index is 11.9. The van der Waals surface area contributed by atoms with Crippen molar-refractivity contribution in [3.63, 3.8) is 0 Å². The van der Waals surface area contributed by atoms with Crippen molar-refractivity contribution < 1.29 is 33.2 Å². The summed E-state index contributed by atoms with van der Waals surface area (Å²) in [6, 6.07) is -1.55. The summed E-state index contributed by atoms with van der Waals surface area (Å²) in [5.74, 6) is -2.14. The summed E-state index contributed by atoms with van der Waals surface area (Å²) in [5, 5.41) is 12.5. The SMILES string of the molecule is COC(=O)CCS(=O)/C=C(\C)C1C(NC=O)C(=O)N1CC(=O)O. The third kappa shape index (κ3) is 4.88. The van der Waals surface area contributed by atoms with Crippen LogP contribution >= 0.6 is 0 Å². The lowest BCUT2D eigenvalue weighted by Crippen LogP contribution is -2.70. The molecule has 0 aliphatic carbocycles. The van der Waals surface area contributed by atoms with Crippen molar-refractivity contribution in [3.8, 4) is 0 Å². The Bertz CT molecular complexity index is 561. The summed E-state index contributed by atoms with van der Waals surface area (Å²) >= 11 is 0. The second-order valence-corrected chi connectivity index (χ2v) is 6.25. The zero-order valence-corrected chi connectivity index (χ0v) is 13.5. The van der Waals surface area contributed by atoms with E-state index in [2.05, 4.69) is 10.1 Å². The number of nitrogens with zero attached hydrogens (tertiary/aromatic N) is 1. The molecule has 2 amide bonds. The average Bonchev–Trinajstić information content (AvgIpc) is 2.50. The number of carboxylic acid groups (broad SMARTS) is 1. The van der Waals surface area contributed by atoms with Gasteiger partial charge in [0.15, 0.2) is 0 Å². The highest BCUT2D eigenvalue weighted by atomic mass is 32.2. The average molecular weight is 346 g/mol. The molecule has 3 unspecified atom stereocenters. The van der Waals surface area contributed by atoms with Crippen LogP contribution in [0.2, 0.25) is 0 Å². The van der Waals surface area contributed by atoms with E-state index in [9.17, 15) is 23.4 Å². The third-order valence-corrected chi connectivity index (χ3v) is 4.51. The molecule has 0 spiro atoms. The van der Waals surface area contributed by atoms with E-state index in [0.29, 0.717) is 12.0 Å². The molecule has 1 fully saturated rings. The number of carbonyl (C=O) groups excluding carboxylic acids is 3. The fraction of sp³-hybridized carbons (Fsp3) is 0.538. The van der Waals surface area contributed by atoms with Crippen LogP contribution in [0.1, 0.15) is 13.3 Å². The number of amides is 2. The van der Waals surface area contributed by atoms with Crippen molar-refractivity contribution in [2.75, 3.05) is 19.4 Å². The number of carbonyl (C=O) groups is 4. The summed E-state index contributed by atoms with van der Waals surface area (Å²) in [7, 11) is -0.255. The van der Waals surface area contributed by atoms with Crippen molar-refractivity contribution in [1.82, 2.24) is 10.2 Å². The number of β-lactam (4-membered cyclic amide) rings is 1. The van der Waals surface area contributed by atoms with Crippen LogP contribution in [0.4, 0.5) is 0 Å². The van der Waals surface area contributed by atoms with Crippen molar-refractivity contribution in [3.05, 3.63) is 11.0 Å². The van der Waals surface area contributed by atoms with E-state index in [1.165, 1.54) is 12.5 Å². The van der Waals surface area contributed by atoms with Crippen molar-refractivity contribution in [2.45, 2.75) is 25.4 Å². The number of esters is 1. The van der Waals surface area contributed by atoms with E-state index >= 15 is 0 Å². The highest BCUT2D eigenvalue weighted by Gasteiger charge is 2.48. The fourth-order valence-electron chi connectivity index (χ4n) is 2.24. The predicted octanol–water partition coefficient (Wildman–Crippen LogP) is -1.39. The van der Waals surface area contributed by atoms with Gasteiger partial charge in [0.2, 0.25) is 12.3 Å². The number of likely N-dealkylation sites (tertiary alicyclic amines) is 1. The predicted molar refractivity (Wildman–Crippen MR) is 79.5 cm³/mol. The molecule has 10 heteroatoms. The van der Waals surface area contributed by atoms with Gasteiger partial charge in [0.1, 0.15) is 12.6 Å². The fourth-order valence-corrected chi connectivity index (χ4v) is 3.28. The zero-order valence-electron chi connectivity index (χ0n) is 12.7. The minimum absolute atomic E-state index is 0.0225. The minimum atomic E-state index is -1.48. The number of rotatable bonds is 9. The number of nitrogens with one attached hydrogen (secondary N) is 1. The highest BCUT2D eigenvalue weighted by Crippen LogP contribution is 2.26. The Morgan fingerprint density at radius 2 is 2.13 bits per heavy atom. The lowest BCUT2D eigenvalue weighted by molar-refractivity contribution is -0.157. The second kappa shape index (κ2) is 8.42. The van der Waals surface area contributed by atoms with Gasteiger partial charge < -0.3 is 20.1 Å². The summed E-state index contributed by atoms with van der Waals surface area (Å²) in [4.78, 5) is 45.3. The molecule has 0 aromatic heterocycles. The number of hydrogen-bond acceptors (Lipinski definition) is 6. The van der Waals surface area contributed by atoms with Gasteiger partial charge in [-0.2, -0.15) is 0 Å². The smallest absolute Gasteiger partial charge is 0.323 e. The van der Waals surface area contributed by atoms with Gasteiger partial charge in [-0.3, -0.25) is 23.4 Å². The summed E-state index contributed by atoms with van der Waals surface area (Å²) in [5.41, 5.74) is 0.480. The van der Waals surface area contributed by atoms with E-state index in [1.807, 2.05) is 0 Å². The van der Waals surface area contributed by atoms with Gasteiger partial charge in [0.05, 0.1) is 19.6 Å². The Balaban J connectivity index is 2.80. The minimum Gasteiger partial charge on any atom is -0.480 e. The van der Waals surface area contributed by atoms with Gasteiger partial charge in [0, 0.05) is 22.0 Å². The summed E-state index contributed by atoms with van der Waals surface area (Å²) in [6.07, 6.45) is 0.334. The molecule has 1 heterocycles. The van der Waals surface area contributed by atoms with Crippen LogP contribution in [-0.4, -0.2) is 70.0 Å². The molecule has 1 saturated heterocycles. The van der Waals surface area contributed by atoms with E-state index < -0.39 is 47.3 Å². The van der Waals surface area contributed by atoms with Crippen LogP contribution in [-0.2, 0) is 34.7 Å². The molecule has 1 rings (SSSR count). The number of aliphatic carboxylic acids is 1. The first kappa shape index (κ1) is 18.8. The molecule has 0 aromatic carbocycles. The van der Waals surface area contributed by atoms with E-state index in [1.54, 1.807) is 6.92 Å². The zero-order chi connectivity index (χ0) is 17.6. The summed E-state index contributed by atoms with van der Waals surface area (Å²) in [6.45, 7) is 1.07. The maximum atomic E-state index is 11.9.